The molecule has 9 heteroatoms. The molecule has 0 amide bonds. The van der Waals surface area contributed by atoms with Crippen molar-refractivity contribution >= 4 is 23.5 Å². The third-order valence-electron chi connectivity index (χ3n) is 3.80. The van der Waals surface area contributed by atoms with Gasteiger partial charge in [0, 0.05) is 18.4 Å². The van der Waals surface area contributed by atoms with E-state index in [1.165, 1.54) is 19.2 Å². The first kappa shape index (κ1) is 17.2. The number of nitrogens with two attached hydrogens (primary N) is 1. The van der Waals surface area contributed by atoms with Gasteiger partial charge in [0.1, 0.15) is 0 Å². The molecule has 0 aliphatic carbocycles. The third kappa shape index (κ3) is 4.66. The molecule has 3 rings (SSSR count). The molecule has 1 aliphatic heterocycles. The lowest BCUT2D eigenvalue weighted by Crippen LogP contribution is -2.25. The number of nitrogens with one attached hydrogen (secondary N) is 2. The first-order valence-electron chi connectivity index (χ1n) is 8.10. The Morgan fingerprint density at radius 2 is 2.08 bits per heavy atom. The van der Waals surface area contributed by atoms with Crippen molar-refractivity contribution in [1.29, 1.82) is 0 Å². The molecule has 25 heavy (non-hydrogen) atoms. The summed E-state index contributed by atoms with van der Waals surface area (Å²) >= 11 is 0. The van der Waals surface area contributed by atoms with E-state index in [0.29, 0.717) is 18.2 Å². The van der Waals surface area contributed by atoms with Gasteiger partial charge in [-0.3, -0.25) is 0 Å². The number of halogens is 1. The normalized spacial score (nSPS) is 17.6. The van der Waals surface area contributed by atoms with Crippen molar-refractivity contribution in [3.05, 3.63) is 24.0 Å². The van der Waals surface area contributed by atoms with E-state index in [2.05, 4.69) is 25.6 Å². The second-order valence-electron chi connectivity index (χ2n) is 5.73. The van der Waals surface area contributed by atoms with Crippen LogP contribution in [0.2, 0.25) is 0 Å². The van der Waals surface area contributed by atoms with E-state index in [4.69, 9.17) is 15.2 Å². The number of nitrogen functional groups attached to an aromatic ring is 1. The molecule has 1 aliphatic rings. The Bertz CT molecular complexity index is 722. The SMILES string of the molecule is COc1ccc(Nc2nc(N)nc(NC3CCCCOC3)n2)cc1F. The van der Waals surface area contributed by atoms with Gasteiger partial charge < -0.3 is 25.8 Å². The summed E-state index contributed by atoms with van der Waals surface area (Å²) < 4.78 is 24.2. The molecule has 1 saturated heterocycles. The lowest BCUT2D eigenvalue weighted by atomic mass is 10.1. The van der Waals surface area contributed by atoms with E-state index in [0.717, 1.165) is 25.9 Å². The average molecular weight is 348 g/mol. The second-order valence-corrected chi connectivity index (χ2v) is 5.73. The minimum Gasteiger partial charge on any atom is -0.494 e. The van der Waals surface area contributed by atoms with Crippen LogP contribution in [0.15, 0.2) is 18.2 Å². The number of benzene rings is 1. The summed E-state index contributed by atoms with van der Waals surface area (Å²) in [4.78, 5) is 12.4. The molecule has 1 fully saturated rings. The Hall–Kier alpha value is -2.68. The van der Waals surface area contributed by atoms with E-state index in [1.54, 1.807) is 6.07 Å². The Labute approximate surface area is 145 Å². The van der Waals surface area contributed by atoms with Crippen LogP contribution < -0.4 is 21.1 Å². The predicted molar refractivity (Wildman–Crippen MR) is 92.6 cm³/mol. The van der Waals surface area contributed by atoms with Gasteiger partial charge in [-0.1, -0.05) is 0 Å². The summed E-state index contributed by atoms with van der Waals surface area (Å²) in [6.45, 7) is 1.37. The quantitative estimate of drug-likeness (QED) is 0.756. The number of aromatic nitrogens is 3. The summed E-state index contributed by atoms with van der Waals surface area (Å²) in [5.41, 5.74) is 6.24. The fourth-order valence-corrected chi connectivity index (χ4v) is 2.59. The second kappa shape index (κ2) is 7.93. The average Bonchev–Trinajstić information content (AvgIpc) is 2.83. The van der Waals surface area contributed by atoms with E-state index in [9.17, 15) is 4.39 Å². The maximum atomic E-state index is 13.8. The van der Waals surface area contributed by atoms with Gasteiger partial charge in [0.25, 0.3) is 0 Å². The van der Waals surface area contributed by atoms with Crippen LogP contribution in [0.1, 0.15) is 19.3 Å². The smallest absolute Gasteiger partial charge is 0.233 e. The summed E-state index contributed by atoms with van der Waals surface area (Å²) in [6.07, 6.45) is 3.10. The van der Waals surface area contributed by atoms with E-state index in [1.807, 2.05) is 0 Å². The first-order valence-corrected chi connectivity index (χ1v) is 8.10. The number of anilines is 4. The molecule has 1 unspecified atom stereocenters. The fourth-order valence-electron chi connectivity index (χ4n) is 2.59. The highest BCUT2D eigenvalue weighted by molar-refractivity contribution is 5.56. The predicted octanol–water partition coefficient (Wildman–Crippen LogP) is 2.33. The van der Waals surface area contributed by atoms with Gasteiger partial charge in [-0.15, -0.1) is 0 Å². The van der Waals surface area contributed by atoms with E-state index in [-0.39, 0.29) is 23.7 Å². The van der Waals surface area contributed by atoms with Crippen molar-refractivity contribution < 1.29 is 13.9 Å². The molecule has 1 aromatic carbocycles. The summed E-state index contributed by atoms with van der Waals surface area (Å²) in [5, 5.41) is 6.13. The van der Waals surface area contributed by atoms with Crippen LogP contribution in [0.5, 0.6) is 5.75 Å². The van der Waals surface area contributed by atoms with E-state index >= 15 is 0 Å². The maximum absolute atomic E-state index is 13.8. The number of rotatable bonds is 5. The van der Waals surface area contributed by atoms with Crippen LogP contribution in [0.25, 0.3) is 0 Å². The molecule has 0 radical (unpaired) electrons. The monoisotopic (exact) mass is 348 g/mol. The Morgan fingerprint density at radius 1 is 1.24 bits per heavy atom. The summed E-state index contributed by atoms with van der Waals surface area (Å²) in [7, 11) is 1.41. The van der Waals surface area contributed by atoms with Crippen molar-refractivity contribution in [3.8, 4) is 5.75 Å². The first-order chi connectivity index (χ1) is 12.1. The van der Waals surface area contributed by atoms with Crippen LogP contribution in [0.4, 0.5) is 27.9 Å². The minimum absolute atomic E-state index is 0.0727. The van der Waals surface area contributed by atoms with Gasteiger partial charge in [-0.2, -0.15) is 15.0 Å². The molecule has 1 atom stereocenters. The van der Waals surface area contributed by atoms with Crippen molar-refractivity contribution in [2.45, 2.75) is 25.3 Å². The van der Waals surface area contributed by atoms with Crippen LogP contribution in [-0.2, 0) is 4.74 Å². The van der Waals surface area contributed by atoms with Crippen molar-refractivity contribution in [2.75, 3.05) is 36.7 Å². The summed E-state index contributed by atoms with van der Waals surface area (Å²) in [6, 6.07) is 4.60. The molecule has 0 bridgehead atoms. The maximum Gasteiger partial charge on any atom is 0.233 e. The molecular weight excluding hydrogens is 327 g/mol. The highest BCUT2D eigenvalue weighted by Gasteiger charge is 2.15. The van der Waals surface area contributed by atoms with E-state index < -0.39 is 5.82 Å². The highest BCUT2D eigenvalue weighted by Crippen LogP contribution is 2.23. The molecule has 8 nitrogen and oxygen atoms in total. The molecule has 0 saturated carbocycles. The number of hydrogen-bond donors (Lipinski definition) is 3. The van der Waals surface area contributed by atoms with Gasteiger partial charge >= 0.3 is 0 Å². The zero-order valence-electron chi connectivity index (χ0n) is 14.0. The topological polar surface area (TPSA) is 107 Å². The van der Waals surface area contributed by atoms with Gasteiger partial charge in [-0.05, 0) is 31.4 Å². The van der Waals surface area contributed by atoms with Crippen LogP contribution in [0.3, 0.4) is 0 Å². The van der Waals surface area contributed by atoms with Gasteiger partial charge in [0.15, 0.2) is 11.6 Å². The molecular formula is C16H21FN6O2. The van der Waals surface area contributed by atoms with Crippen LogP contribution in [-0.4, -0.2) is 41.3 Å². The van der Waals surface area contributed by atoms with Crippen molar-refractivity contribution in [1.82, 2.24) is 15.0 Å². The highest BCUT2D eigenvalue weighted by atomic mass is 19.1. The Balaban J connectivity index is 1.73. The Kier molecular flexibility index (Phi) is 5.44. The summed E-state index contributed by atoms with van der Waals surface area (Å²) in [5.74, 6) is 0.344. The standard InChI is InChI=1S/C16H21FN6O2/c1-24-13-6-5-10(8-12(13)17)19-15-21-14(18)22-16(23-15)20-11-4-2-3-7-25-9-11/h5-6,8,11H,2-4,7,9H2,1H3,(H4,18,19,20,21,22,23). The van der Waals surface area contributed by atoms with Gasteiger partial charge in [0.05, 0.1) is 19.8 Å². The Morgan fingerprint density at radius 3 is 2.88 bits per heavy atom. The van der Waals surface area contributed by atoms with Gasteiger partial charge in [0.2, 0.25) is 17.8 Å². The lowest BCUT2D eigenvalue weighted by molar-refractivity contribution is 0.138. The zero-order valence-corrected chi connectivity index (χ0v) is 14.0. The number of methoxy groups -OCH3 is 1. The molecule has 2 aromatic rings. The zero-order chi connectivity index (χ0) is 17.6. The number of nitrogens with zero attached hydrogens (tertiary/aromatic N) is 3. The molecule has 2 heterocycles. The van der Waals surface area contributed by atoms with Crippen molar-refractivity contribution in [3.63, 3.8) is 0 Å². The number of ether oxygens (including phenoxy) is 2. The largest absolute Gasteiger partial charge is 0.494 e. The molecule has 1 aromatic heterocycles. The lowest BCUT2D eigenvalue weighted by Gasteiger charge is -2.16. The van der Waals surface area contributed by atoms with Crippen LogP contribution >= 0.6 is 0 Å². The fraction of sp³-hybridized carbons (Fsp3) is 0.438. The molecule has 0 spiro atoms. The van der Waals surface area contributed by atoms with Gasteiger partial charge in [-0.25, -0.2) is 4.39 Å². The van der Waals surface area contributed by atoms with Crippen molar-refractivity contribution in [2.24, 2.45) is 0 Å². The molecule has 134 valence electrons. The number of hydrogen-bond acceptors (Lipinski definition) is 8. The molecule has 4 N–H and O–H groups in total. The third-order valence-corrected chi connectivity index (χ3v) is 3.80. The van der Waals surface area contributed by atoms with Crippen LogP contribution in [0, 0.1) is 5.82 Å². The minimum atomic E-state index is -0.483.